The van der Waals surface area contributed by atoms with Gasteiger partial charge in [0.15, 0.2) is 0 Å². The smallest absolute Gasteiger partial charge is 0.256 e. The highest BCUT2D eigenvalue weighted by molar-refractivity contribution is 7.98. The molecule has 7 heteroatoms. The Balaban J connectivity index is 1.73. The summed E-state index contributed by atoms with van der Waals surface area (Å²) in [5.41, 5.74) is 3.76. The van der Waals surface area contributed by atoms with E-state index in [1.54, 1.807) is 42.1 Å². The minimum Gasteiger partial charge on any atom is -0.361 e. The predicted molar refractivity (Wildman–Crippen MR) is 120 cm³/mol. The number of nitrogens with one attached hydrogen (secondary N) is 2. The van der Waals surface area contributed by atoms with Gasteiger partial charge in [-0.25, -0.2) is 0 Å². The Bertz CT molecular complexity index is 1040. The molecule has 0 aliphatic heterocycles. The number of thioether (sulfide) groups is 1. The van der Waals surface area contributed by atoms with Gasteiger partial charge in [-0.1, -0.05) is 37.2 Å². The molecule has 2 N–H and O–H groups in total. The van der Waals surface area contributed by atoms with Crippen LogP contribution < -0.4 is 10.6 Å². The van der Waals surface area contributed by atoms with Crippen molar-refractivity contribution in [2.24, 2.45) is 5.92 Å². The van der Waals surface area contributed by atoms with Gasteiger partial charge in [-0.2, -0.15) is 0 Å². The molecular weight excluding hydrogens is 398 g/mol. The maximum Gasteiger partial charge on any atom is 0.256 e. The topological polar surface area (TPSA) is 84.2 Å². The minimum absolute atomic E-state index is 0.0699. The summed E-state index contributed by atoms with van der Waals surface area (Å²) in [5, 5.41) is 9.75. The van der Waals surface area contributed by atoms with Crippen LogP contribution in [0.25, 0.3) is 0 Å². The average Bonchev–Trinajstić information content (AvgIpc) is 3.04. The highest BCUT2D eigenvalue weighted by Crippen LogP contribution is 2.29. The van der Waals surface area contributed by atoms with Crippen LogP contribution in [0.15, 0.2) is 57.9 Å². The van der Waals surface area contributed by atoms with Crippen LogP contribution in [-0.2, 0) is 10.5 Å². The van der Waals surface area contributed by atoms with Crippen molar-refractivity contribution < 1.29 is 14.1 Å². The van der Waals surface area contributed by atoms with E-state index in [-0.39, 0.29) is 17.7 Å². The molecule has 2 amide bonds. The Hall–Kier alpha value is -3.06. The van der Waals surface area contributed by atoms with Gasteiger partial charge in [0.25, 0.3) is 5.91 Å². The predicted octanol–water partition coefficient (Wildman–Crippen LogP) is 5.43. The van der Waals surface area contributed by atoms with Crippen LogP contribution in [0.1, 0.15) is 41.2 Å². The van der Waals surface area contributed by atoms with Crippen molar-refractivity contribution in [1.29, 1.82) is 0 Å². The number of amides is 2. The van der Waals surface area contributed by atoms with Crippen LogP contribution >= 0.6 is 11.8 Å². The van der Waals surface area contributed by atoms with E-state index >= 15 is 0 Å². The minimum atomic E-state index is -0.204. The van der Waals surface area contributed by atoms with Crippen LogP contribution in [0.5, 0.6) is 0 Å². The van der Waals surface area contributed by atoms with E-state index in [0.29, 0.717) is 22.7 Å². The van der Waals surface area contributed by atoms with Gasteiger partial charge in [0.2, 0.25) is 5.91 Å². The van der Waals surface area contributed by atoms with E-state index in [2.05, 4.69) is 15.8 Å². The van der Waals surface area contributed by atoms with Gasteiger partial charge in [-0.05, 0) is 44.2 Å². The van der Waals surface area contributed by atoms with Crippen LogP contribution in [0, 0.1) is 19.8 Å². The van der Waals surface area contributed by atoms with Gasteiger partial charge in [0.1, 0.15) is 5.76 Å². The molecule has 30 heavy (non-hydrogen) atoms. The Labute approximate surface area is 180 Å². The molecule has 6 nitrogen and oxygen atoms in total. The van der Waals surface area contributed by atoms with Crippen LogP contribution in [-0.4, -0.2) is 17.0 Å². The Morgan fingerprint density at radius 1 is 1.03 bits per heavy atom. The summed E-state index contributed by atoms with van der Waals surface area (Å²) in [6, 6.07) is 14.6. The first kappa shape index (κ1) is 21.6. The summed E-state index contributed by atoms with van der Waals surface area (Å²) < 4.78 is 5.22. The maximum absolute atomic E-state index is 12.9. The standard InChI is InChI=1S/C23H25N3O3S/c1-14(2)22(27)24-17-8-7-9-18(12-17)25-23(28)19-10-5-6-11-21(19)30-13-20-15(3)26-29-16(20)4/h5-12,14H,13H2,1-4H3,(H,24,27)(H,25,28). The zero-order valence-corrected chi connectivity index (χ0v) is 18.3. The number of anilines is 2. The number of carbonyl (C=O) groups excluding carboxylic acids is 2. The van der Waals surface area contributed by atoms with Gasteiger partial charge >= 0.3 is 0 Å². The lowest BCUT2D eigenvalue weighted by molar-refractivity contribution is -0.118. The second kappa shape index (κ2) is 9.63. The highest BCUT2D eigenvalue weighted by Gasteiger charge is 2.15. The maximum atomic E-state index is 12.9. The first-order chi connectivity index (χ1) is 14.3. The zero-order valence-electron chi connectivity index (χ0n) is 17.5. The third-order valence-corrected chi connectivity index (χ3v) is 5.70. The van der Waals surface area contributed by atoms with Crippen molar-refractivity contribution in [2.45, 2.75) is 38.3 Å². The van der Waals surface area contributed by atoms with E-state index < -0.39 is 0 Å². The number of benzene rings is 2. The van der Waals surface area contributed by atoms with Gasteiger partial charge in [0.05, 0.1) is 11.3 Å². The quantitative estimate of drug-likeness (QED) is 0.495. The molecule has 2 aromatic carbocycles. The lowest BCUT2D eigenvalue weighted by Crippen LogP contribution is -2.18. The first-order valence-electron chi connectivity index (χ1n) is 9.71. The fourth-order valence-electron chi connectivity index (χ4n) is 2.80. The number of aryl methyl sites for hydroxylation is 2. The number of carbonyl (C=O) groups is 2. The van der Waals surface area contributed by atoms with Crippen molar-refractivity contribution in [3.8, 4) is 0 Å². The van der Waals surface area contributed by atoms with E-state index in [1.807, 2.05) is 45.9 Å². The molecule has 0 bridgehead atoms. The van der Waals surface area contributed by atoms with Crippen LogP contribution in [0.3, 0.4) is 0 Å². The van der Waals surface area contributed by atoms with Crippen molar-refractivity contribution >= 4 is 35.0 Å². The lowest BCUT2D eigenvalue weighted by atomic mass is 10.2. The largest absolute Gasteiger partial charge is 0.361 e. The molecule has 0 aliphatic rings. The summed E-state index contributed by atoms with van der Waals surface area (Å²) in [4.78, 5) is 25.7. The average molecular weight is 424 g/mol. The molecule has 0 saturated heterocycles. The van der Waals surface area contributed by atoms with Crippen LogP contribution in [0.2, 0.25) is 0 Å². The Kier molecular flexibility index (Phi) is 6.95. The summed E-state index contributed by atoms with van der Waals surface area (Å²) in [6.07, 6.45) is 0. The summed E-state index contributed by atoms with van der Waals surface area (Å²) in [6.45, 7) is 7.46. The van der Waals surface area contributed by atoms with E-state index in [1.165, 1.54) is 0 Å². The molecule has 0 atom stereocenters. The molecule has 1 aromatic heterocycles. The van der Waals surface area contributed by atoms with Gasteiger partial charge in [-0.3, -0.25) is 9.59 Å². The monoisotopic (exact) mass is 423 g/mol. The van der Waals surface area contributed by atoms with Gasteiger partial charge in [-0.15, -0.1) is 11.8 Å². The molecule has 0 fully saturated rings. The fourth-order valence-corrected chi connectivity index (χ4v) is 4.00. The number of hydrogen-bond acceptors (Lipinski definition) is 5. The molecule has 0 unspecified atom stereocenters. The number of nitrogens with zero attached hydrogens (tertiary/aromatic N) is 1. The zero-order chi connectivity index (χ0) is 21.7. The van der Waals surface area contributed by atoms with Crippen molar-refractivity contribution in [2.75, 3.05) is 10.6 Å². The normalized spacial score (nSPS) is 10.8. The first-order valence-corrected chi connectivity index (χ1v) is 10.7. The van der Waals surface area contributed by atoms with E-state index in [9.17, 15) is 9.59 Å². The number of aromatic nitrogens is 1. The van der Waals surface area contributed by atoms with Crippen molar-refractivity contribution in [3.05, 3.63) is 71.1 Å². The molecule has 0 spiro atoms. The van der Waals surface area contributed by atoms with Crippen LogP contribution in [0.4, 0.5) is 11.4 Å². The Morgan fingerprint density at radius 3 is 2.40 bits per heavy atom. The molecular formula is C23H25N3O3S. The molecule has 1 heterocycles. The van der Waals surface area contributed by atoms with Crippen molar-refractivity contribution in [1.82, 2.24) is 5.16 Å². The lowest BCUT2D eigenvalue weighted by Gasteiger charge is -2.12. The second-order valence-corrected chi connectivity index (χ2v) is 8.28. The van der Waals surface area contributed by atoms with Crippen molar-refractivity contribution in [3.63, 3.8) is 0 Å². The molecule has 3 aromatic rings. The molecule has 0 aliphatic carbocycles. The number of rotatable bonds is 7. The third-order valence-electron chi connectivity index (χ3n) is 4.60. The summed E-state index contributed by atoms with van der Waals surface area (Å²) in [5.74, 6) is 1.07. The molecule has 3 rings (SSSR count). The third kappa shape index (κ3) is 5.30. The van der Waals surface area contributed by atoms with Gasteiger partial charge in [0, 0.05) is 33.5 Å². The molecule has 156 valence electrons. The second-order valence-electron chi connectivity index (χ2n) is 7.27. The van der Waals surface area contributed by atoms with E-state index in [4.69, 9.17) is 4.52 Å². The highest BCUT2D eigenvalue weighted by atomic mass is 32.2. The van der Waals surface area contributed by atoms with E-state index in [0.717, 1.165) is 21.9 Å². The molecule has 0 radical (unpaired) electrons. The summed E-state index contributed by atoms with van der Waals surface area (Å²) >= 11 is 1.57. The Morgan fingerprint density at radius 2 is 1.73 bits per heavy atom. The molecule has 0 saturated carbocycles. The summed E-state index contributed by atoms with van der Waals surface area (Å²) in [7, 11) is 0. The van der Waals surface area contributed by atoms with Gasteiger partial charge < -0.3 is 15.2 Å². The number of hydrogen-bond donors (Lipinski definition) is 2. The fraction of sp³-hybridized carbons (Fsp3) is 0.261. The SMILES string of the molecule is Cc1noc(C)c1CSc1ccccc1C(=O)Nc1cccc(NC(=O)C(C)C)c1.